The van der Waals surface area contributed by atoms with E-state index >= 15 is 0 Å². The first kappa shape index (κ1) is 13.8. The van der Waals surface area contributed by atoms with Crippen molar-refractivity contribution >= 4 is 0 Å². The van der Waals surface area contributed by atoms with Gasteiger partial charge in [0.25, 0.3) is 0 Å². The average Bonchev–Trinajstić information content (AvgIpc) is 2.16. The number of hydrogen-bond acceptors (Lipinski definition) is 2. The largest absolute Gasteiger partial charge is 0.405 e. The van der Waals surface area contributed by atoms with E-state index in [2.05, 4.69) is 0 Å². The second-order valence-electron chi connectivity index (χ2n) is 4.69. The highest BCUT2D eigenvalue weighted by Gasteiger charge is 2.46. The van der Waals surface area contributed by atoms with Crippen LogP contribution < -0.4 is 0 Å². The number of alkyl halides is 3. The van der Waals surface area contributed by atoms with Gasteiger partial charge in [-0.05, 0) is 26.8 Å². The highest BCUT2D eigenvalue weighted by Crippen LogP contribution is 2.29. The van der Waals surface area contributed by atoms with Crippen LogP contribution in [0.1, 0.15) is 27.2 Å². The predicted molar refractivity (Wildman–Crippen MR) is 58.4 cm³/mol. The lowest BCUT2D eigenvalue weighted by Gasteiger charge is -2.44. The molecule has 1 fully saturated rings. The van der Waals surface area contributed by atoms with Gasteiger partial charge in [-0.3, -0.25) is 4.90 Å². The molecule has 1 unspecified atom stereocenters. The summed E-state index contributed by atoms with van der Waals surface area (Å²) in [5.74, 6) is 0. The van der Waals surface area contributed by atoms with Crippen molar-refractivity contribution in [3.63, 3.8) is 0 Å². The molecule has 1 atom stereocenters. The Bertz CT molecular complexity index is 216. The number of rotatable bonds is 3. The first-order chi connectivity index (χ1) is 7.36. The minimum absolute atomic E-state index is 0.0459. The predicted octanol–water partition coefficient (Wildman–Crippen LogP) is 2.35. The Hall–Kier alpha value is -0.290. The van der Waals surface area contributed by atoms with Crippen LogP contribution in [0.15, 0.2) is 0 Å². The molecule has 96 valence electrons. The van der Waals surface area contributed by atoms with Gasteiger partial charge in [-0.2, -0.15) is 13.2 Å². The van der Waals surface area contributed by atoms with Crippen LogP contribution in [0.5, 0.6) is 0 Å². The lowest BCUT2D eigenvalue weighted by atomic mass is 10.1. The van der Waals surface area contributed by atoms with E-state index in [9.17, 15) is 13.2 Å². The molecule has 1 aliphatic rings. The van der Waals surface area contributed by atoms with Crippen LogP contribution in [0.3, 0.4) is 0 Å². The summed E-state index contributed by atoms with van der Waals surface area (Å²) >= 11 is 0. The van der Waals surface area contributed by atoms with Crippen molar-refractivity contribution in [3.8, 4) is 0 Å². The molecule has 0 spiro atoms. The van der Waals surface area contributed by atoms with Crippen molar-refractivity contribution in [3.05, 3.63) is 0 Å². The van der Waals surface area contributed by atoms with Gasteiger partial charge >= 0.3 is 6.18 Å². The highest BCUT2D eigenvalue weighted by atomic mass is 19.4. The van der Waals surface area contributed by atoms with Gasteiger partial charge in [0.15, 0.2) is 0 Å². The molecule has 0 amide bonds. The van der Waals surface area contributed by atoms with Gasteiger partial charge in [-0.25, -0.2) is 0 Å². The van der Waals surface area contributed by atoms with Gasteiger partial charge in [0.2, 0.25) is 0 Å². The third kappa shape index (κ3) is 3.35. The van der Waals surface area contributed by atoms with Crippen molar-refractivity contribution < 1.29 is 13.2 Å². The van der Waals surface area contributed by atoms with Crippen LogP contribution in [0.4, 0.5) is 13.2 Å². The SMILES string of the molecule is CCCN1CCN(C(C)C)C(C(F)(F)F)C1. The molecule has 1 rings (SSSR count). The van der Waals surface area contributed by atoms with E-state index in [0.717, 1.165) is 19.5 Å². The number of halogens is 3. The van der Waals surface area contributed by atoms with Gasteiger partial charge in [-0.1, -0.05) is 6.92 Å². The van der Waals surface area contributed by atoms with Crippen LogP contribution >= 0.6 is 0 Å². The average molecular weight is 238 g/mol. The molecular formula is C11H21F3N2. The van der Waals surface area contributed by atoms with Crippen LogP contribution in [-0.4, -0.2) is 54.2 Å². The quantitative estimate of drug-likeness (QED) is 0.744. The topological polar surface area (TPSA) is 6.48 Å². The Balaban J connectivity index is 2.70. The molecule has 2 nitrogen and oxygen atoms in total. The van der Waals surface area contributed by atoms with Crippen molar-refractivity contribution in [1.29, 1.82) is 0 Å². The molecule has 0 aromatic heterocycles. The van der Waals surface area contributed by atoms with E-state index < -0.39 is 12.2 Å². The molecule has 0 saturated carbocycles. The zero-order chi connectivity index (χ0) is 12.3. The number of hydrogen-bond donors (Lipinski definition) is 0. The van der Waals surface area contributed by atoms with Crippen LogP contribution in [0, 0.1) is 0 Å². The molecule has 5 heteroatoms. The summed E-state index contributed by atoms with van der Waals surface area (Å²) in [6, 6.07) is -1.34. The minimum atomic E-state index is -4.11. The maximum atomic E-state index is 12.9. The first-order valence-corrected chi connectivity index (χ1v) is 5.91. The maximum Gasteiger partial charge on any atom is 0.405 e. The molecule has 16 heavy (non-hydrogen) atoms. The van der Waals surface area contributed by atoms with Gasteiger partial charge in [0, 0.05) is 25.7 Å². The molecule has 0 bridgehead atoms. The molecule has 0 N–H and O–H groups in total. The molecular weight excluding hydrogens is 217 g/mol. The fraction of sp³-hybridized carbons (Fsp3) is 1.00. The number of piperazine rings is 1. The van der Waals surface area contributed by atoms with Crippen LogP contribution in [0.25, 0.3) is 0 Å². The van der Waals surface area contributed by atoms with E-state index in [1.165, 1.54) is 0 Å². The molecule has 1 aliphatic heterocycles. The Morgan fingerprint density at radius 3 is 2.31 bits per heavy atom. The lowest BCUT2D eigenvalue weighted by Crippen LogP contribution is -2.60. The van der Waals surface area contributed by atoms with Gasteiger partial charge in [0.05, 0.1) is 0 Å². The fourth-order valence-corrected chi connectivity index (χ4v) is 2.28. The second-order valence-corrected chi connectivity index (χ2v) is 4.69. The third-order valence-electron chi connectivity index (χ3n) is 3.09. The molecule has 0 aromatic rings. The highest BCUT2D eigenvalue weighted by molar-refractivity contribution is 4.88. The fourth-order valence-electron chi connectivity index (χ4n) is 2.28. The molecule has 1 saturated heterocycles. The molecule has 0 aliphatic carbocycles. The molecule has 1 heterocycles. The minimum Gasteiger partial charge on any atom is -0.300 e. The number of nitrogens with zero attached hydrogens (tertiary/aromatic N) is 2. The van der Waals surface area contributed by atoms with Crippen molar-refractivity contribution in [1.82, 2.24) is 9.80 Å². The second kappa shape index (κ2) is 5.36. The van der Waals surface area contributed by atoms with Crippen LogP contribution in [-0.2, 0) is 0 Å². The molecule has 0 radical (unpaired) electrons. The summed E-state index contributed by atoms with van der Waals surface area (Å²) in [6.45, 7) is 7.80. The maximum absolute atomic E-state index is 12.9. The van der Waals surface area contributed by atoms with Gasteiger partial charge in [-0.15, -0.1) is 0 Å². The monoisotopic (exact) mass is 238 g/mol. The van der Waals surface area contributed by atoms with E-state index in [4.69, 9.17) is 0 Å². The van der Waals surface area contributed by atoms with Crippen molar-refractivity contribution in [2.45, 2.75) is 45.5 Å². The summed E-state index contributed by atoms with van der Waals surface area (Å²) in [7, 11) is 0. The lowest BCUT2D eigenvalue weighted by molar-refractivity contribution is -0.202. The van der Waals surface area contributed by atoms with Crippen LogP contribution in [0.2, 0.25) is 0 Å². The van der Waals surface area contributed by atoms with Crippen molar-refractivity contribution in [2.24, 2.45) is 0 Å². The Morgan fingerprint density at radius 1 is 1.25 bits per heavy atom. The Labute approximate surface area is 95.4 Å². The summed E-state index contributed by atoms with van der Waals surface area (Å²) < 4.78 is 38.7. The summed E-state index contributed by atoms with van der Waals surface area (Å²) in [5, 5.41) is 0. The summed E-state index contributed by atoms with van der Waals surface area (Å²) in [4.78, 5) is 3.48. The summed E-state index contributed by atoms with van der Waals surface area (Å²) in [5.41, 5.74) is 0. The smallest absolute Gasteiger partial charge is 0.300 e. The van der Waals surface area contributed by atoms with Gasteiger partial charge in [0.1, 0.15) is 6.04 Å². The Kier molecular flexibility index (Phi) is 4.62. The van der Waals surface area contributed by atoms with Gasteiger partial charge < -0.3 is 4.90 Å². The Morgan fingerprint density at radius 2 is 1.88 bits per heavy atom. The zero-order valence-corrected chi connectivity index (χ0v) is 10.2. The summed E-state index contributed by atoms with van der Waals surface area (Å²) in [6.07, 6.45) is -3.21. The van der Waals surface area contributed by atoms with E-state index in [1.54, 1.807) is 4.90 Å². The van der Waals surface area contributed by atoms with E-state index in [1.807, 2.05) is 25.7 Å². The standard InChI is InChI=1S/C11H21F3N2/c1-4-5-15-6-7-16(9(2)3)10(8-15)11(12,13)14/h9-10H,4-8H2,1-3H3. The third-order valence-corrected chi connectivity index (χ3v) is 3.09. The zero-order valence-electron chi connectivity index (χ0n) is 10.2. The normalized spacial score (nSPS) is 25.3. The van der Waals surface area contributed by atoms with E-state index in [-0.39, 0.29) is 12.6 Å². The molecule has 0 aromatic carbocycles. The van der Waals surface area contributed by atoms with E-state index in [0.29, 0.717) is 6.54 Å². The van der Waals surface area contributed by atoms with Crippen molar-refractivity contribution in [2.75, 3.05) is 26.2 Å². The first-order valence-electron chi connectivity index (χ1n) is 5.91.